The first-order valence-corrected chi connectivity index (χ1v) is 11.4. The number of sulfonamides is 1. The summed E-state index contributed by atoms with van der Waals surface area (Å²) in [6.45, 7) is 1.01. The molecule has 0 saturated carbocycles. The van der Waals surface area contributed by atoms with E-state index in [9.17, 15) is 13.2 Å². The Kier molecular flexibility index (Phi) is 7.33. The molecule has 1 heterocycles. The van der Waals surface area contributed by atoms with Gasteiger partial charge < -0.3 is 14.2 Å². The van der Waals surface area contributed by atoms with Crippen molar-refractivity contribution in [3.8, 4) is 11.5 Å². The molecule has 2 aromatic carbocycles. The van der Waals surface area contributed by atoms with E-state index < -0.39 is 16.0 Å². The van der Waals surface area contributed by atoms with Crippen molar-refractivity contribution in [2.75, 3.05) is 27.3 Å². The first-order chi connectivity index (χ1) is 14.5. The third-order valence-corrected chi connectivity index (χ3v) is 6.99. The summed E-state index contributed by atoms with van der Waals surface area (Å²) < 4.78 is 43.5. The van der Waals surface area contributed by atoms with E-state index in [4.69, 9.17) is 14.2 Å². The summed E-state index contributed by atoms with van der Waals surface area (Å²) in [6, 6.07) is 11.5. The molecule has 0 amide bonds. The molecule has 1 aliphatic heterocycles. The van der Waals surface area contributed by atoms with Gasteiger partial charge in [0.1, 0.15) is 23.7 Å². The Bertz CT molecular complexity index is 981. The number of carbonyl (C=O) groups excluding carboxylic acids is 1. The SMILES string of the molecule is COc1cccc(COC(=O)c2cc(S(=O)(=O)N3CCCCCC3)ccc2OC)c1. The lowest BCUT2D eigenvalue weighted by atomic mass is 10.2. The molecular formula is C22H27NO6S. The molecular weight excluding hydrogens is 406 g/mol. The van der Waals surface area contributed by atoms with Crippen molar-refractivity contribution < 1.29 is 27.4 Å². The Morgan fingerprint density at radius 1 is 0.967 bits per heavy atom. The van der Waals surface area contributed by atoms with Crippen LogP contribution in [0.2, 0.25) is 0 Å². The van der Waals surface area contributed by atoms with E-state index >= 15 is 0 Å². The molecule has 0 atom stereocenters. The molecule has 1 fully saturated rings. The topological polar surface area (TPSA) is 82.1 Å². The highest BCUT2D eigenvalue weighted by Crippen LogP contribution is 2.27. The Morgan fingerprint density at radius 3 is 2.37 bits per heavy atom. The molecule has 3 rings (SSSR count). The van der Waals surface area contributed by atoms with Crippen molar-refractivity contribution in [3.63, 3.8) is 0 Å². The molecule has 0 unspecified atom stereocenters. The molecule has 1 saturated heterocycles. The second-order valence-corrected chi connectivity index (χ2v) is 9.05. The lowest BCUT2D eigenvalue weighted by Crippen LogP contribution is -2.32. The molecule has 2 aromatic rings. The number of methoxy groups -OCH3 is 2. The van der Waals surface area contributed by atoms with Crippen molar-refractivity contribution >= 4 is 16.0 Å². The number of rotatable bonds is 7. The van der Waals surface area contributed by atoms with Gasteiger partial charge in [-0.15, -0.1) is 0 Å². The van der Waals surface area contributed by atoms with Crippen molar-refractivity contribution in [2.45, 2.75) is 37.2 Å². The predicted octanol–water partition coefficient (Wildman–Crippen LogP) is 3.63. The standard InChI is InChI=1S/C22H27NO6S/c1-27-18-9-7-8-17(14-18)16-29-22(24)20-15-19(10-11-21(20)28-2)30(25,26)23-12-5-3-4-6-13-23/h7-11,14-15H,3-6,12-13,16H2,1-2H3. The zero-order chi connectivity index (χ0) is 21.6. The lowest BCUT2D eigenvalue weighted by Gasteiger charge is -2.20. The number of ether oxygens (including phenoxy) is 3. The minimum Gasteiger partial charge on any atom is -0.497 e. The molecule has 162 valence electrons. The highest BCUT2D eigenvalue weighted by molar-refractivity contribution is 7.89. The first-order valence-electron chi connectivity index (χ1n) is 9.94. The van der Waals surface area contributed by atoms with E-state index in [0.717, 1.165) is 31.2 Å². The molecule has 0 N–H and O–H groups in total. The number of esters is 1. The highest BCUT2D eigenvalue weighted by atomic mass is 32.2. The van der Waals surface area contributed by atoms with Crippen molar-refractivity contribution in [1.82, 2.24) is 4.31 Å². The number of hydrogen-bond acceptors (Lipinski definition) is 6. The minimum absolute atomic E-state index is 0.0300. The Balaban J connectivity index is 1.82. The van der Waals surface area contributed by atoms with Crippen LogP contribution in [0.3, 0.4) is 0 Å². The summed E-state index contributed by atoms with van der Waals surface area (Å²) in [5, 5.41) is 0. The van der Waals surface area contributed by atoms with Gasteiger partial charge in [0.25, 0.3) is 0 Å². The van der Waals surface area contributed by atoms with Crippen LogP contribution in [0.15, 0.2) is 47.4 Å². The van der Waals surface area contributed by atoms with E-state index in [1.807, 2.05) is 6.07 Å². The Labute approximate surface area is 177 Å². The maximum Gasteiger partial charge on any atom is 0.342 e. The van der Waals surface area contributed by atoms with Gasteiger partial charge in [0, 0.05) is 13.1 Å². The van der Waals surface area contributed by atoms with E-state index in [1.165, 1.54) is 29.6 Å². The maximum absolute atomic E-state index is 13.1. The van der Waals surface area contributed by atoms with Gasteiger partial charge in [-0.25, -0.2) is 13.2 Å². The van der Waals surface area contributed by atoms with E-state index in [1.54, 1.807) is 25.3 Å². The van der Waals surface area contributed by atoms with Crippen LogP contribution in [0.1, 0.15) is 41.6 Å². The number of hydrogen-bond donors (Lipinski definition) is 0. The molecule has 8 heteroatoms. The average Bonchev–Trinajstić information content (AvgIpc) is 3.07. The zero-order valence-electron chi connectivity index (χ0n) is 17.3. The smallest absolute Gasteiger partial charge is 0.342 e. The minimum atomic E-state index is -3.69. The summed E-state index contributed by atoms with van der Waals surface area (Å²) in [5.74, 6) is 0.273. The second kappa shape index (κ2) is 9.95. The molecule has 30 heavy (non-hydrogen) atoms. The largest absolute Gasteiger partial charge is 0.497 e. The molecule has 1 aliphatic rings. The van der Waals surface area contributed by atoms with E-state index in [-0.39, 0.29) is 22.8 Å². The Hall–Kier alpha value is -2.58. The predicted molar refractivity (Wildman–Crippen MR) is 112 cm³/mol. The average molecular weight is 434 g/mol. The normalized spacial score (nSPS) is 15.3. The van der Waals surface area contributed by atoms with Crippen LogP contribution in [0.25, 0.3) is 0 Å². The fourth-order valence-corrected chi connectivity index (χ4v) is 4.97. The molecule has 0 aromatic heterocycles. The zero-order valence-corrected chi connectivity index (χ0v) is 18.1. The summed E-state index contributed by atoms with van der Waals surface area (Å²) in [4.78, 5) is 12.8. The van der Waals surface area contributed by atoms with Gasteiger partial charge in [-0.1, -0.05) is 25.0 Å². The van der Waals surface area contributed by atoms with Gasteiger partial charge in [0.05, 0.1) is 19.1 Å². The van der Waals surface area contributed by atoms with E-state index in [2.05, 4.69) is 0 Å². The quantitative estimate of drug-likeness (QED) is 0.620. The van der Waals surface area contributed by atoms with E-state index in [0.29, 0.717) is 18.8 Å². The van der Waals surface area contributed by atoms with Gasteiger partial charge >= 0.3 is 5.97 Å². The van der Waals surface area contributed by atoms with Crippen molar-refractivity contribution in [3.05, 3.63) is 53.6 Å². The van der Waals surface area contributed by atoms with Gasteiger partial charge in [-0.05, 0) is 48.7 Å². The van der Waals surface area contributed by atoms with Crippen LogP contribution in [-0.4, -0.2) is 46.0 Å². The number of nitrogens with zero attached hydrogens (tertiary/aromatic N) is 1. The van der Waals surface area contributed by atoms with Gasteiger partial charge in [-0.2, -0.15) is 4.31 Å². The van der Waals surface area contributed by atoms with Crippen molar-refractivity contribution in [1.29, 1.82) is 0 Å². The van der Waals surface area contributed by atoms with Crippen LogP contribution in [0, 0.1) is 0 Å². The summed E-state index contributed by atoms with van der Waals surface area (Å²) in [6.07, 6.45) is 3.72. The molecule has 0 bridgehead atoms. The summed E-state index contributed by atoms with van der Waals surface area (Å²) >= 11 is 0. The molecule has 7 nitrogen and oxygen atoms in total. The maximum atomic E-state index is 13.1. The second-order valence-electron chi connectivity index (χ2n) is 7.11. The van der Waals surface area contributed by atoms with Gasteiger partial charge in [0.15, 0.2) is 0 Å². The number of benzene rings is 2. The highest BCUT2D eigenvalue weighted by Gasteiger charge is 2.27. The monoisotopic (exact) mass is 433 g/mol. The van der Waals surface area contributed by atoms with Crippen LogP contribution in [0.5, 0.6) is 11.5 Å². The van der Waals surface area contributed by atoms with Gasteiger partial charge in [0.2, 0.25) is 10.0 Å². The molecule has 0 spiro atoms. The van der Waals surface area contributed by atoms with Crippen molar-refractivity contribution in [2.24, 2.45) is 0 Å². The Morgan fingerprint density at radius 2 is 1.70 bits per heavy atom. The van der Waals surface area contributed by atoms with Gasteiger partial charge in [-0.3, -0.25) is 0 Å². The summed E-state index contributed by atoms with van der Waals surface area (Å²) in [5.41, 5.74) is 0.839. The first kappa shape index (κ1) is 22.1. The fourth-order valence-electron chi connectivity index (χ4n) is 3.43. The lowest BCUT2D eigenvalue weighted by molar-refractivity contribution is 0.0468. The molecule has 0 aliphatic carbocycles. The molecule has 0 radical (unpaired) electrons. The number of carbonyl (C=O) groups is 1. The van der Waals surface area contributed by atoms with Crippen LogP contribution in [-0.2, 0) is 21.4 Å². The van der Waals surface area contributed by atoms with Crippen LogP contribution in [0.4, 0.5) is 0 Å². The third kappa shape index (κ3) is 5.12. The third-order valence-electron chi connectivity index (χ3n) is 5.10. The van der Waals surface area contributed by atoms with Crippen LogP contribution < -0.4 is 9.47 Å². The summed E-state index contributed by atoms with van der Waals surface area (Å²) in [7, 11) is -0.700. The fraction of sp³-hybridized carbons (Fsp3) is 0.409. The van der Waals surface area contributed by atoms with Crippen LogP contribution >= 0.6 is 0 Å².